The minimum Gasteiger partial charge on any atom is -0.497 e. The second-order valence-corrected chi connectivity index (χ2v) is 8.13. The predicted octanol–water partition coefficient (Wildman–Crippen LogP) is 2.96. The normalized spacial score (nSPS) is 17.6. The molecule has 0 radical (unpaired) electrons. The quantitative estimate of drug-likeness (QED) is 0.592. The molecule has 1 fully saturated rings. The number of carbonyl (C=O) groups is 2. The minimum atomic E-state index is -0.931. The Balaban J connectivity index is 1.68. The van der Waals surface area contributed by atoms with Crippen LogP contribution in [0.25, 0.3) is 0 Å². The molecule has 2 aromatic carbocycles. The van der Waals surface area contributed by atoms with Crippen molar-refractivity contribution in [2.24, 2.45) is 0 Å². The van der Waals surface area contributed by atoms with Crippen molar-refractivity contribution in [3.63, 3.8) is 0 Å². The Morgan fingerprint density at radius 1 is 0.970 bits per heavy atom. The Bertz CT molecular complexity index is 1010. The zero-order chi connectivity index (χ0) is 24.0. The van der Waals surface area contributed by atoms with Gasteiger partial charge >= 0.3 is 0 Å². The molecule has 0 bridgehead atoms. The van der Waals surface area contributed by atoms with Gasteiger partial charge < -0.3 is 29.2 Å². The van der Waals surface area contributed by atoms with Crippen molar-refractivity contribution in [2.75, 3.05) is 35.0 Å². The smallest absolute Gasteiger partial charge is 0.245 e. The van der Waals surface area contributed by atoms with Gasteiger partial charge in [-0.25, -0.2) is 0 Å². The summed E-state index contributed by atoms with van der Waals surface area (Å²) in [6.07, 6.45) is 1.42. The van der Waals surface area contributed by atoms with E-state index in [-0.39, 0.29) is 18.4 Å². The van der Waals surface area contributed by atoms with Crippen LogP contribution in [-0.4, -0.2) is 57.2 Å². The van der Waals surface area contributed by atoms with Gasteiger partial charge in [0.2, 0.25) is 11.8 Å². The van der Waals surface area contributed by atoms with E-state index in [0.29, 0.717) is 48.8 Å². The number of amides is 2. The summed E-state index contributed by atoms with van der Waals surface area (Å²) in [5.74, 6) is 2.37. The first-order chi connectivity index (χ1) is 15.9. The molecule has 8 heteroatoms. The van der Waals surface area contributed by atoms with E-state index in [2.05, 4.69) is 5.32 Å². The van der Waals surface area contributed by atoms with E-state index in [4.69, 9.17) is 18.9 Å². The zero-order valence-electron chi connectivity index (χ0n) is 19.9. The van der Waals surface area contributed by atoms with Gasteiger partial charge in [0.05, 0.1) is 35.0 Å². The molecule has 0 spiro atoms. The highest BCUT2D eigenvalue weighted by Gasteiger charge is 2.47. The molecular formula is C25H32N2O6. The first-order valence-corrected chi connectivity index (χ1v) is 10.9. The molecule has 0 aromatic heterocycles. The lowest BCUT2D eigenvalue weighted by atomic mass is 9.96. The largest absolute Gasteiger partial charge is 0.497 e. The van der Waals surface area contributed by atoms with Gasteiger partial charge in [0.1, 0.15) is 17.0 Å². The molecule has 1 aliphatic heterocycles. The molecule has 0 aliphatic carbocycles. The average molecular weight is 457 g/mol. The third-order valence-corrected chi connectivity index (χ3v) is 6.18. The van der Waals surface area contributed by atoms with Gasteiger partial charge in [0.25, 0.3) is 0 Å². The topological polar surface area (TPSA) is 86.3 Å². The van der Waals surface area contributed by atoms with Gasteiger partial charge in [0.15, 0.2) is 11.5 Å². The van der Waals surface area contributed by atoms with Crippen LogP contribution in [0, 0.1) is 0 Å². The summed E-state index contributed by atoms with van der Waals surface area (Å²) in [7, 11) is 6.34. The molecule has 3 rings (SSSR count). The van der Waals surface area contributed by atoms with Gasteiger partial charge in [0, 0.05) is 24.6 Å². The highest BCUT2D eigenvalue weighted by molar-refractivity contribution is 5.94. The summed E-state index contributed by atoms with van der Waals surface area (Å²) in [5, 5.41) is 3.01. The number of likely N-dealkylation sites (tertiary alicyclic amines) is 1. The van der Waals surface area contributed by atoms with Gasteiger partial charge in [-0.1, -0.05) is 6.07 Å². The molecule has 1 saturated heterocycles. The molecule has 2 amide bonds. The molecule has 33 heavy (non-hydrogen) atoms. The summed E-state index contributed by atoms with van der Waals surface area (Å²) in [5.41, 5.74) is 0.901. The van der Waals surface area contributed by atoms with E-state index in [9.17, 15) is 9.59 Å². The van der Waals surface area contributed by atoms with Crippen molar-refractivity contribution in [1.29, 1.82) is 0 Å². The van der Waals surface area contributed by atoms with Crippen LogP contribution in [0.3, 0.4) is 0 Å². The Morgan fingerprint density at radius 2 is 1.70 bits per heavy atom. The Morgan fingerprint density at radius 3 is 2.36 bits per heavy atom. The summed E-state index contributed by atoms with van der Waals surface area (Å²) >= 11 is 0. The molecule has 8 nitrogen and oxygen atoms in total. The highest BCUT2D eigenvalue weighted by atomic mass is 16.5. The second-order valence-electron chi connectivity index (χ2n) is 8.13. The Labute approximate surface area is 194 Å². The fourth-order valence-corrected chi connectivity index (χ4v) is 4.09. The third-order valence-electron chi connectivity index (χ3n) is 6.18. The van der Waals surface area contributed by atoms with E-state index < -0.39 is 5.54 Å². The van der Waals surface area contributed by atoms with Crippen LogP contribution in [0.2, 0.25) is 0 Å². The molecule has 1 heterocycles. The highest BCUT2D eigenvalue weighted by Crippen LogP contribution is 2.35. The number of hydrogen-bond acceptors (Lipinski definition) is 6. The van der Waals surface area contributed by atoms with Crippen LogP contribution in [0.1, 0.15) is 30.9 Å². The summed E-state index contributed by atoms with van der Waals surface area (Å²) in [6.45, 7) is 2.54. The van der Waals surface area contributed by atoms with Crippen molar-refractivity contribution in [2.45, 2.75) is 38.3 Å². The van der Waals surface area contributed by atoms with E-state index in [1.54, 1.807) is 39.4 Å². The lowest BCUT2D eigenvalue weighted by Gasteiger charge is -2.34. The summed E-state index contributed by atoms with van der Waals surface area (Å²) in [4.78, 5) is 27.5. The van der Waals surface area contributed by atoms with Crippen LogP contribution in [0.5, 0.6) is 23.0 Å². The number of hydrogen-bond donors (Lipinski definition) is 1. The molecule has 1 atom stereocenters. The average Bonchev–Trinajstić information content (AvgIpc) is 3.13. The maximum Gasteiger partial charge on any atom is 0.245 e. The summed E-state index contributed by atoms with van der Waals surface area (Å²) in [6, 6.07) is 11.1. The van der Waals surface area contributed by atoms with Gasteiger partial charge in [-0.05, 0) is 49.6 Å². The number of rotatable bonds is 10. The second kappa shape index (κ2) is 10.5. The number of nitrogens with zero attached hydrogens (tertiary/aromatic N) is 1. The van der Waals surface area contributed by atoms with Crippen LogP contribution >= 0.6 is 0 Å². The van der Waals surface area contributed by atoms with Crippen molar-refractivity contribution in [3.05, 3.63) is 47.5 Å². The number of benzene rings is 2. The van der Waals surface area contributed by atoms with Crippen LogP contribution in [-0.2, 0) is 22.6 Å². The van der Waals surface area contributed by atoms with Crippen LogP contribution in [0.15, 0.2) is 36.4 Å². The maximum atomic E-state index is 13.2. The Hall–Kier alpha value is -3.42. The third kappa shape index (κ3) is 5.16. The van der Waals surface area contributed by atoms with Crippen LogP contribution < -0.4 is 24.3 Å². The summed E-state index contributed by atoms with van der Waals surface area (Å²) < 4.78 is 21.3. The zero-order valence-corrected chi connectivity index (χ0v) is 19.9. The maximum absolute atomic E-state index is 13.2. The van der Waals surface area contributed by atoms with Crippen LogP contribution in [0.4, 0.5) is 0 Å². The molecule has 2 aromatic rings. The number of carbonyl (C=O) groups excluding carboxylic acids is 2. The first-order valence-electron chi connectivity index (χ1n) is 10.9. The monoisotopic (exact) mass is 456 g/mol. The molecule has 1 N–H and O–H groups in total. The molecule has 0 unspecified atom stereocenters. The minimum absolute atomic E-state index is 0.0505. The van der Waals surface area contributed by atoms with Crippen molar-refractivity contribution >= 4 is 11.8 Å². The molecule has 0 saturated carbocycles. The van der Waals surface area contributed by atoms with Crippen molar-refractivity contribution in [1.82, 2.24) is 10.2 Å². The predicted molar refractivity (Wildman–Crippen MR) is 124 cm³/mol. The number of nitrogens with one attached hydrogen (secondary N) is 1. The molecule has 1 aliphatic rings. The van der Waals surface area contributed by atoms with Crippen molar-refractivity contribution in [3.8, 4) is 23.0 Å². The van der Waals surface area contributed by atoms with Crippen molar-refractivity contribution < 1.29 is 28.5 Å². The Kier molecular flexibility index (Phi) is 7.68. The first kappa shape index (κ1) is 24.2. The lowest BCUT2D eigenvalue weighted by molar-refractivity contribution is -0.141. The van der Waals surface area contributed by atoms with Gasteiger partial charge in [-0.2, -0.15) is 0 Å². The standard InChI is InChI=1S/C25H32N2O6/c1-25(24(29)26-13-11-17-6-9-20(31-3)22(14-17)33-5)12-10-23(28)27(25)16-18-7-8-19(30-2)15-21(18)32-4/h6-9,14-15H,10-13,16H2,1-5H3,(H,26,29)/t25-/m1/s1. The fraction of sp³-hybridized carbons (Fsp3) is 0.440. The van der Waals surface area contributed by atoms with E-state index in [1.807, 2.05) is 37.3 Å². The lowest BCUT2D eigenvalue weighted by Crippen LogP contribution is -2.54. The number of methoxy groups -OCH3 is 4. The van der Waals surface area contributed by atoms with E-state index in [1.165, 1.54) is 0 Å². The van der Waals surface area contributed by atoms with E-state index >= 15 is 0 Å². The number of ether oxygens (including phenoxy) is 4. The molecular weight excluding hydrogens is 424 g/mol. The fourth-order valence-electron chi connectivity index (χ4n) is 4.09. The van der Waals surface area contributed by atoms with E-state index in [0.717, 1.165) is 11.1 Å². The molecule has 178 valence electrons. The van der Waals surface area contributed by atoms with Gasteiger partial charge in [-0.3, -0.25) is 9.59 Å². The van der Waals surface area contributed by atoms with Gasteiger partial charge in [-0.15, -0.1) is 0 Å². The SMILES string of the molecule is COc1ccc(CN2C(=O)CC[C@]2(C)C(=O)NCCc2ccc(OC)c(OC)c2)c(OC)c1.